The molecule has 0 amide bonds. The molecule has 0 aliphatic carbocycles. The highest BCUT2D eigenvalue weighted by atomic mass is 15.0. The lowest BCUT2D eigenvalue weighted by atomic mass is 10.1. The lowest BCUT2D eigenvalue weighted by Gasteiger charge is -2.11. The summed E-state index contributed by atoms with van der Waals surface area (Å²) >= 11 is 0. The standard InChI is InChI=1S/C19H16N4/c1-2-13-8-9-16-15(11-13)19(22-12-21-16)23-17-7-3-5-14-6-4-10-20-18(14)17/h3-12H,2H2,1H3,(H,21,22,23). The molecule has 4 rings (SSSR count). The number of pyridine rings is 1. The summed E-state index contributed by atoms with van der Waals surface area (Å²) in [5, 5.41) is 5.56. The summed E-state index contributed by atoms with van der Waals surface area (Å²) in [5.41, 5.74) is 4.10. The number of hydrogen-bond donors (Lipinski definition) is 1. The lowest BCUT2D eigenvalue weighted by Crippen LogP contribution is -1.98. The van der Waals surface area contributed by atoms with Gasteiger partial charge < -0.3 is 5.32 Å². The first-order valence-electron chi connectivity index (χ1n) is 7.69. The normalized spacial score (nSPS) is 11.0. The Bertz CT molecular complexity index is 989. The molecule has 0 saturated carbocycles. The van der Waals surface area contributed by atoms with Crippen LogP contribution in [0.2, 0.25) is 0 Å². The number of benzene rings is 2. The first-order chi connectivity index (χ1) is 11.3. The maximum Gasteiger partial charge on any atom is 0.141 e. The van der Waals surface area contributed by atoms with Gasteiger partial charge in [-0.1, -0.05) is 31.2 Å². The van der Waals surface area contributed by atoms with E-state index in [1.165, 1.54) is 5.56 Å². The molecule has 0 spiro atoms. The van der Waals surface area contributed by atoms with E-state index in [9.17, 15) is 0 Å². The van der Waals surface area contributed by atoms with Crippen molar-refractivity contribution in [2.24, 2.45) is 0 Å². The Balaban J connectivity index is 1.86. The molecule has 0 bridgehead atoms. The highest BCUT2D eigenvalue weighted by Crippen LogP contribution is 2.27. The van der Waals surface area contributed by atoms with E-state index in [4.69, 9.17) is 0 Å². The fourth-order valence-corrected chi connectivity index (χ4v) is 2.76. The van der Waals surface area contributed by atoms with Crippen molar-refractivity contribution < 1.29 is 0 Å². The van der Waals surface area contributed by atoms with E-state index in [0.29, 0.717) is 0 Å². The fraction of sp³-hybridized carbons (Fsp3) is 0.105. The Morgan fingerprint density at radius 2 is 1.87 bits per heavy atom. The Morgan fingerprint density at radius 3 is 2.78 bits per heavy atom. The third-order valence-electron chi connectivity index (χ3n) is 3.99. The van der Waals surface area contributed by atoms with E-state index in [0.717, 1.165) is 39.7 Å². The molecular weight excluding hydrogens is 284 g/mol. The van der Waals surface area contributed by atoms with Crippen LogP contribution in [0.25, 0.3) is 21.8 Å². The van der Waals surface area contributed by atoms with E-state index in [-0.39, 0.29) is 0 Å². The fourth-order valence-electron chi connectivity index (χ4n) is 2.76. The highest BCUT2D eigenvalue weighted by Gasteiger charge is 2.07. The van der Waals surface area contributed by atoms with Crippen molar-refractivity contribution in [2.75, 3.05) is 5.32 Å². The zero-order chi connectivity index (χ0) is 15.6. The third kappa shape index (κ3) is 2.48. The van der Waals surface area contributed by atoms with E-state index >= 15 is 0 Å². The van der Waals surface area contributed by atoms with E-state index < -0.39 is 0 Å². The van der Waals surface area contributed by atoms with Crippen LogP contribution in [0, 0.1) is 0 Å². The van der Waals surface area contributed by atoms with Gasteiger partial charge in [-0.15, -0.1) is 0 Å². The van der Waals surface area contributed by atoms with Crippen molar-refractivity contribution in [1.82, 2.24) is 15.0 Å². The number of fused-ring (bicyclic) bond motifs is 2. The molecule has 2 aromatic heterocycles. The second-order valence-corrected chi connectivity index (χ2v) is 5.43. The van der Waals surface area contributed by atoms with Crippen LogP contribution in [0.3, 0.4) is 0 Å². The molecule has 2 aromatic carbocycles. The topological polar surface area (TPSA) is 50.7 Å². The summed E-state index contributed by atoms with van der Waals surface area (Å²) in [7, 11) is 0. The van der Waals surface area contributed by atoms with Crippen molar-refractivity contribution in [2.45, 2.75) is 13.3 Å². The number of nitrogens with one attached hydrogen (secondary N) is 1. The van der Waals surface area contributed by atoms with Crippen molar-refractivity contribution in [3.8, 4) is 0 Å². The largest absolute Gasteiger partial charge is 0.338 e. The second kappa shape index (κ2) is 5.65. The quantitative estimate of drug-likeness (QED) is 0.606. The Labute approximate surface area is 134 Å². The maximum absolute atomic E-state index is 4.49. The third-order valence-corrected chi connectivity index (χ3v) is 3.99. The molecule has 23 heavy (non-hydrogen) atoms. The van der Waals surface area contributed by atoms with E-state index in [1.807, 2.05) is 24.3 Å². The number of aryl methyl sites for hydroxylation is 1. The summed E-state index contributed by atoms with van der Waals surface area (Å²) in [6, 6.07) is 16.4. The van der Waals surface area contributed by atoms with Crippen molar-refractivity contribution in [1.29, 1.82) is 0 Å². The van der Waals surface area contributed by atoms with Gasteiger partial charge in [0.15, 0.2) is 0 Å². The van der Waals surface area contributed by atoms with Gasteiger partial charge >= 0.3 is 0 Å². The second-order valence-electron chi connectivity index (χ2n) is 5.43. The van der Waals surface area contributed by atoms with Crippen LogP contribution in [0.15, 0.2) is 61.1 Å². The molecule has 4 heteroatoms. The van der Waals surface area contributed by atoms with Crippen molar-refractivity contribution >= 4 is 33.3 Å². The average Bonchev–Trinajstić information content (AvgIpc) is 2.62. The lowest BCUT2D eigenvalue weighted by molar-refractivity contribution is 1.14. The summed E-state index contributed by atoms with van der Waals surface area (Å²) < 4.78 is 0. The van der Waals surface area contributed by atoms with Gasteiger partial charge in [-0.2, -0.15) is 0 Å². The van der Waals surface area contributed by atoms with Crippen LogP contribution in [-0.2, 0) is 6.42 Å². The average molecular weight is 300 g/mol. The van der Waals surface area contributed by atoms with Crippen LogP contribution in [0.4, 0.5) is 11.5 Å². The number of rotatable bonds is 3. The SMILES string of the molecule is CCc1ccc2ncnc(Nc3cccc4cccnc34)c2c1. The predicted molar refractivity (Wildman–Crippen MR) is 93.9 cm³/mol. The minimum Gasteiger partial charge on any atom is -0.338 e. The molecular formula is C19H16N4. The number of hydrogen-bond acceptors (Lipinski definition) is 4. The van der Waals surface area contributed by atoms with Crippen LogP contribution in [0.5, 0.6) is 0 Å². The van der Waals surface area contributed by atoms with Gasteiger partial charge in [-0.3, -0.25) is 4.98 Å². The molecule has 0 radical (unpaired) electrons. The van der Waals surface area contributed by atoms with Crippen LogP contribution in [-0.4, -0.2) is 15.0 Å². The molecule has 0 atom stereocenters. The summed E-state index contributed by atoms with van der Waals surface area (Å²) in [4.78, 5) is 13.3. The zero-order valence-corrected chi connectivity index (χ0v) is 12.8. The van der Waals surface area contributed by atoms with E-state index in [1.54, 1.807) is 12.5 Å². The molecule has 0 aliphatic heterocycles. The monoisotopic (exact) mass is 300 g/mol. The summed E-state index contributed by atoms with van der Waals surface area (Å²) in [5.74, 6) is 0.809. The predicted octanol–water partition coefficient (Wildman–Crippen LogP) is 4.48. The molecule has 0 saturated heterocycles. The van der Waals surface area contributed by atoms with Gasteiger partial charge in [0.05, 0.1) is 16.7 Å². The first-order valence-corrected chi connectivity index (χ1v) is 7.69. The molecule has 0 unspecified atom stereocenters. The Hall–Kier alpha value is -3.01. The number of aromatic nitrogens is 3. The number of para-hydroxylation sites is 1. The Morgan fingerprint density at radius 1 is 0.957 bits per heavy atom. The summed E-state index contributed by atoms with van der Waals surface area (Å²) in [6.07, 6.45) is 4.38. The van der Waals surface area contributed by atoms with Crippen molar-refractivity contribution in [3.63, 3.8) is 0 Å². The molecule has 4 nitrogen and oxygen atoms in total. The number of anilines is 2. The molecule has 0 aliphatic rings. The van der Waals surface area contributed by atoms with Gasteiger partial charge in [-0.05, 0) is 36.2 Å². The van der Waals surface area contributed by atoms with Crippen LogP contribution in [0.1, 0.15) is 12.5 Å². The zero-order valence-electron chi connectivity index (χ0n) is 12.8. The van der Waals surface area contributed by atoms with Crippen LogP contribution < -0.4 is 5.32 Å². The van der Waals surface area contributed by atoms with Gasteiger partial charge in [0.1, 0.15) is 12.1 Å². The molecule has 0 fully saturated rings. The van der Waals surface area contributed by atoms with Gasteiger partial charge in [0.2, 0.25) is 0 Å². The van der Waals surface area contributed by atoms with Gasteiger partial charge in [-0.25, -0.2) is 9.97 Å². The maximum atomic E-state index is 4.49. The summed E-state index contributed by atoms with van der Waals surface area (Å²) in [6.45, 7) is 2.15. The smallest absolute Gasteiger partial charge is 0.141 e. The van der Waals surface area contributed by atoms with E-state index in [2.05, 4.69) is 51.5 Å². The first kappa shape index (κ1) is 13.6. The molecule has 112 valence electrons. The number of nitrogens with zero attached hydrogens (tertiary/aromatic N) is 3. The molecule has 4 aromatic rings. The molecule has 2 heterocycles. The molecule has 1 N–H and O–H groups in total. The highest BCUT2D eigenvalue weighted by molar-refractivity contribution is 5.96. The van der Waals surface area contributed by atoms with Crippen LogP contribution >= 0.6 is 0 Å². The van der Waals surface area contributed by atoms with Gasteiger partial charge in [0.25, 0.3) is 0 Å². The van der Waals surface area contributed by atoms with Crippen molar-refractivity contribution in [3.05, 3.63) is 66.6 Å². The minimum absolute atomic E-state index is 0.809. The van der Waals surface area contributed by atoms with Gasteiger partial charge in [0, 0.05) is 17.0 Å². The Kier molecular flexibility index (Phi) is 3.35. The minimum atomic E-state index is 0.809.